The van der Waals surface area contributed by atoms with E-state index in [0.717, 1.165) is 48.5 Å². The van der Waals surface area contributed by atoms with Crippen LogP contribution >= 0.6 is 0 Å². The van der Waals surface area contributed by atoms with Crippen molar-refractivity contribution in [3.63, 3.8) is 0 Å². The molecule has 0 saturated carbocycles. The summed E-state index contributed by atoms with van der Waals surface area (Å²) < 4.78 is 13.7. The van der Waals surface area contributed by atoms with Crippen molar-refractivity contribution in [1.29, 1.82) is 0 Å². The molecule has 0 aliphatic carbocycles. The predicted octanol–water partition coefficient (Wildman–Crippen LogP) is 2.84. The SMILES string of the molecule is Cc1cccc2c(N3CCN(CC(=O)Nc4ccccc4F)CC3)ncnc12. The van der Waals surface area contributed by atoms with Gasteiger partial charge in [0.2, 0.25) is 5.91 Å². The van der Waals surface area contributed by atoms with E-state index in [1.54, 1.807) is 24.5 Å². The normalized spacial score (nSPS) is 15.0. The molecule has 1 amide bonds. The first-order valence-corrected chi connectivity index (χ1v) is 9.34. The van der Waals surface area contributed by atoms with E-state index < -0.39 is 5.82 Å². The highest BCUT2D eigenvalue weighted by Gasteiger charge is 2.22. The van der Waals surface area contributed by atoms with Crippen molar-refractivity contribution >= 4 is 28.3 Å². The summed E-state index contributed by atoms with van der Waals surface area (Å²) in [5, 5.41) is 3.69. The number of aromatic nitrogens is 2. The fourth-order valence-electron chi connectivity index (χ4n) is 3.55. The number of piperazine rings is 1. The fraction of sp³-hybridized carbons (Fsp3) is 0.286. The monoisotopic (exact) mass is 379 g/mol. The van der Waals surface area contributed by atoms with Crippen LogP contribution in [0.1, 0.15) is 5.56 Å². The summed E-state index contributed by atoms with van der Waals surface area (Å²) in [5.74, 6) is 0.303. The molecular formula is C21H22FN5O. The summed E-state index contributed by atoms with van der Waals surface area (Å²) in [4.78, 5) is 25.4. The van der Waals surface area contributed by atoms with Crippen molar-refractivity contribution < 1.29 is 9.18 Å². The van der Waals surface area contributed by atoms with Crippen LogP contribution in [0.4, 0.5) is 15.9 Å². The molecule has 0 unspecified atom stereocenters. The Labute approximate surface area is 163 Å². The number of anilines is 2. The number of amides is 1. The van der Waals surface area contributed by atoms with Crippen molar-refractivity contribution in [3.05, 3.63) is 60.2 Å². The van der Waals surface area contributed by atoms with Gasteiger partial charge in [-0.3, -0.25) is 9.69 Å². The molecule has 0 atom stereocenters. The first-order chi connectivity index (χ1) is 13.6. The van der Waals surface area contributed by atoms with Gasteiger partial charge in [-0.05, 0) is 30.7 Å². The van der Waals surface area contributed by atoms with Crippen molar-refractivity contribution in [3.8, 4) is 0 Å². The maximum Gasteiger partial charge on any atom is 0.238 e. The molecule has 144 valence electrons. The highest BCUT2D eigenvalue weighted by Crippen LogP contribution is 2.25. The molecular weight excluding hydrogens is 357 g/mol. The topological polar surface area (TPSA) is 61.4 Å². The van der Waals surface area contributed by atoms with Gasteiger partial charge >= 0.3 is 0 Å². The highest BCUT2D eigenvalue weighted by atomic mass is 19.1. The third-order valence-electron chi connectivity index (χ3n) is 5.03. The Morgan fingerprint density at radius 2 is 1.86 bits per heavy atom. The van der Waals surface area contributed by atoms with Gasteiger partial charge in [-0.25, -0.2) is 14.4 Å². The third kappa shape index (κ3) is 3.80. The van der Waals surface area contributed by atoms with Gasteiger partial charge in [0, 0.05) is 31.6 Å². The van der Waals surface area contributed by atoms with Crippen molar-refractivity contribution in [2.45, 2.75) is 6.92 Å². The van der Waals surface area contributed by atoms with Crippen LogP contribution in [-0.4, -0.2) is 53.5 Å². The smallest absolute Gasteiger partial charge is 0.238 e. The van der Waals surface area contributed by atoms with Crippen LogP contribution in [0.15, 0.2) is 48.8 Å². The van der Waals surface area contributed by atoms with E-state index >= 15 is 0 Å². The van der Waals surface area contributed by atoms with E-state index in [1.807, 2.05) is 25.1 Å². The lowest BCUT2D eigenvalue weighted by molar-refractivity contribution is -0.117. The Morgan fingerprint density at radius 3 is 2.64 bits per heavy atom. The molecule has 0 spiro atoms. The number of nitrogens with one attached hydrogen (secondary N) is 1. The zero-order valence-electron chi connectivity index (χ0n) is 15.7. The number of rotatable bonds is 4. The number of carbonyl (C=O) groups is 1. The van der Waals surface area contributed by atoms with E-state index in [9.17, 15) is 9.18 Å². The number of para-hydroxylation sites is 2. The minimum Gasteiger partial charge on any atom is -0.353 e. The number of fused-ring (bicyclic) bond motifs is 1. The van der Waals surface area contributed by atoms with E-state index in [1.165, 1.54) is 6.07 Å². The van der Waals surface area contributed by atoms with Gasteiger partial charge in [0.05, 0.1) is 17.7 Å². The molecule has 0 radical (unpaired) electrons. The Balaban J connectivity index is 1.38. The van der Waals surface area contributed by atoms with Gasteiger partial charge < -0.3 is 10.2 Å². The maximum absolute atomic E-state index is 13.7. The second-order valence-corrected chi connectivity index (χ2v) is 6.96. The molecule has 1 aromatic heterocycles. The van der Waals surface area contributed by atoms with E-state index in [0.29, 0.717) is 0 Å². The Bertz CT molecular complexity index is 1000. The van der Waals surface area contributed by atoms with Crippen LogP contribution in [0.2, 0.25) is 0 Å². The lowest BCUT2D eigenvalue weighted by Gasteiger charge is -2.35. The standard InChI is InChI=1S/C21H22FN5O/c1-15-5-4-6-16-20(15)23-14-24-21(16)27-11-9-26(10-12-27)13-19(28)25-18-8-3-2-7-17(18)22/h2-8,14H,9-13H2,1H3,(H,25,28). The summed E-state index contributed by atoms with van der Waals surface area (Å²) in [5.41, 5.74) is 2.32. The number of halogens is 1. The van der Waals surface area contributed by atoms with Crippen LogP contribution in [0.3, 0.4) is 0 Å². The number of nitrogens with zero attached hydrogens (tertiary/aromatic N) is 4. The first-order valence-electron chi connectivity index (χ1n) is 9.34. The zero-order valence-corrected chi connectivity index (χ0v) is 15.7. The predicted molar refractivity (Wildman–Crippen MR) is 108 cm³/mol. The second kappa shape index (κ2) is 7.90. The lowest BCUT2D eigenvalue weighted by Crippen LogP contribution is -2.49. The molecule has 6 nitrogen and oxygen atoms in total. The first kappa shape index (κ1) is 18.3. The largest absolute Gasteiger partial charge is 0.353 e. The van der Waals surface area contributed by atoms with Crippen molar-refractivity contribution in [2.75, 3.05) is 42.9 Å². The number of hydrogen-bond acceptors (Lipinski definition) is 5. The minimum atomic E-state index is -0.424. The second-order valence-electron chi connectivity index (χ2n) is 6.96. The molecule has 1 saturated heterocycles. The molecule has 2 heterocycles. The summed E-state index contributed by atoms with van der Waals surface area (Å²) >= 11 is 0. The molecule has 1 aliphatic heterocycles. The summed E-state index contributed by atoms with van der Waals surface area (Å²) in [7, 11) is 0. The molecule has 1 fully saturated rings. The third-order valence-corrected chi connectivity index (χ3v) is 5.03. The Hall–Kier alpha value is -3.06. The molecule has 1 aliphatic rings. The highest BCUT2D eigenvalue weighted by molar-refractivity contribution is 5.92. The van der Waals surface area contributed by atoms with Gasteiger partial charge in [-0.1, -0.05) is 24.3 Å². The van der Waals surface area contributed by atoms with Gasteiger partial charge in [0.25, 0.3) is 0 Å². The van der Waals surface area contributed by atoms with Gasteiger partial charge in [-0.15, -0.1) is 0 Å². The number of carbonyl (C=O) groups excluding carboxylic acids is 1. The average molecular weight is 379 g/mol. The van der Waals surface area contributed by atoms with Gasteiger partial charge in [0.1, 0.15) is 18.0 Å². The Morgan fingerprint density at radius 1 is 1.07 bits per heavy atom. The summed E-state index contributed by atoms with van der Waals surface area (Å²) in [6, 6.07) is 12.3. The maximum atomic E-state index is 13.7. The average Bonchev–Trinajstić information content (AvgIpc) is 2.70. The molecule has 28 heavy (non-hydrogen) atoms. The van der Waals surface area contributed by atoms with E-state index in [2.05, 4.69) is 25.1 Å². The minimum absolute atomic E-state index is 0.207. The number of benzene rings is 2. The van der Waals surface area contributed by atoms with Crippen molar-refractivity contribution in [2.24, 2.45) is 0 Å². The van der Waals surface area contributed by atoms with E-state index in [-0.39, 0.29) is 18.1 Å². The van der Waals surface area contributed by atoms with Crippen LogP contribution in [0.5, 0.6) is 0 Å². The zero-order chi connectivity index (χ0) is 19.5. The molecule has 2 aromatic carbocycles. The van der Waals surface area contributed by atoms with E-state index in [4.69, 9.17) is 0 Å². The quantitative estimate of drug-likeness (QED) is 0.755. The number of aryl methyl sites for hydroxylation is 1. The lowest BCUT2D eigenvalue weighted by atomic mass is 10.1. The van der Waals surface area contributed by atoms with Crippen LogP contribution in [0.25, 0.3) is 10.9 Å². The Kier molecular flexibility index (Phi) is 5.16. The van der Waals surface area contributed by atoms with Crippen molar-refractivity contribution in [1.82, 2.24) is 14.9 Å². The molecule has 4 rings (SSSR count). The van der Waals surface area contributed by atoms with Gasteiger partial charge in [-0.2, -0.15) is 0 Å². The summed E-state index contributed by atoms with van der Waals surface area (Å²) in [6.07, 6.45) is 1.61. The molecule has 7 heteroatoms. The van der Waals surface area contributed by atoms with Crippen LogP contribution < -0.4 is 10.2 Å². The van der Waals surface area contributed by atoms with Gasteiger partial charge in [0.15, 0.2) is 0 Å². The van der Waals surface area contributed by atoms with Crippen LogP contribution in [0, 0.1) is 12.7 Å². The molecule has 3 aromatic rings. The molecule has 1 N–H and O–H groups in total. The number of hydrogen-bond donors (Lipinski definition) is 1. The van der Waals surface area contributed by atoms with Crippen LogP contribution in [-0.2, 0) is 4.79 Å². The fourth-order valence-corrected chi connectivity index (χ4v) is 3.55. The summed E-state index contributed by atoms with van der Waals surface area (Å²) in [6.45, 7) is 5.31. The molecule has 0 bridgehead atoms.